The number of ether oxygens (including phenoxy) is 2. The topological polar surface area (TPSA) is 56.3 Å². The summed E-state index contributed by atoms with van der Waals surface area (Å²) in [4.78, 5) is 0. The predicted octanol–water partition coefficient (Wildman–Crippen LogP) is 2.75. The van der Waals surface area contributed by atoms with Gasteiger partial charge in [-0.1, -0.05) is 0 Å². The third-order valence-electron chi connectivity index (χ3n) is 2.41. The maximum absolute atomic E-state index is 5.20. The third-order valence-corrected chi connectivity index (χ3v) is 2.41. The summed E-state index contributed by atoms with van der Waals surface area (Å²) in [5.41, 5.74) is 0.870. The van der Waals surface area contributed by atoms with Crippen molar-refractivity contribution in [2.75, 3.05) is 14.2 Å². The molecule has 98 valence electrons. The van der Waals surface area contributed by atoms with Gasteiger partial charge in [0, 0.05) is 0 Å². The molecule has 1 aromatic carbocycles. The van der Waals surface area contributed by atoms with E-state index in [1.54, 1.807) is 38.8 Å². The Hall–Kier alpha value is -2.56. The van der Waals surface area contributed by atoms with Crippen LogP contribution in [0.3, 0.4) is 0 Å². The second-order valence-corrected chi connectivity index (χ2v) is 3.62. The highest BCUT2D eigenvalue weighted by Gasteiger charge is 2.02. The van der Waals surface area contributed by atoms with Crippen molar-refractivity contribution in [3.8, 4) is 11.5 Å². The van der Waals surface area contributed by atoms with Crippen molar-refractivity contribution >= 4 is 12.4 Å². The first-order valence-corrected chi connectivity index (χ1v) is 5.65. The molecule has 0 fully saturated rings. The number of benzene rings is 1. The molecule has 0 unspecified atom stereocenters. The minimum atomic E-state index is 0.654. The molecule has 0 N–H and O–H groups in total. The summed E-state index contributed by atoms with van der Waals surface area (Å²) >= 11 is 0. The first kappa shape index (κ1) is 12.9. The maximum atomic E-state index is 5.20. The molecule has 0 saturated heterocycles. The molecular formula is C14H14N2O3. The standard InChI is InChI=1S/C14H14N2O3/c1-17-13-6-5-11(8-14(13)18-2)9-15-16-10-12-4-3-7-19-12/h3-10H,1-2H3/b15-9+,16-10+. The fourth-order valence-electron chi connectivity index (χ4n) is 1.49. The maximum Gasteiger partial charge on any atom is 0.161 e. The normalized spacial score (nSPS) is 11.3. The molecule has 1 aromatic heterocycles. The van der Waals surface area contributed by atoms with Crippen LogP contribution in [0.1, 0.15) is 11.3 Å². The highest BCUT2D eigenvalue weighted by Crippen LogP contribution is 2.26. The monoisotopic (exact) mass is 258 g/mol. The number of hydrogen-bond acceptors (Lipinski definition) is 5. The van der Waals surface area contributed by atoms with Crippen molar-refractivity contribution in [3.63, 3.8) is 0 Å². The van der Waals surface area contributed by atoms with Gasteiger partial charge >= 0.3 is 0 Å². The van der Waals surface area contributed by atoms with Crippen molar-refractivity contribution in [2.45, 2.75) is 0 Å². The summed E-state index contributed by atoms with van der Waals surface area (Å²) in [6, 6.07) is 9.10. The Morgan fingerprint density at radius 2 is 1.79 bits per heavy atom. The molecule has 0 spiro atoms. The molecule has 0 aliphatic heterocycles. The van der Waals surface area contributed by atoms with E-state index >= 15 is 0 Å². The lowest BCUT2D eigenvalue weighted by Gasteiger charge is -2.06. The lowest BCUT2D eigenvalue weighted by Crippen LogP contribution is -1.91. The molecule has 19 heavy (non-hydrogen) atoms. The molecule has 0 atom stereocenters. The number of furan rings is 1. The summed E-state index contributed by atoms with van der Waals surface area (Å²) in [5, 5.41) is 7.82. The van der Waals surface area contributed by atoms with Crippen LogP contribution in [0.25, 0.3) is 0 Å². The number of hydrogen-bond donors (Lipinski definition) is 0. The highest BCUT2D eigenvalue weighted by molar-refractivity contribution is 5.82. The second kappa shape index (κ2) is 6.39. The Kier molecular flexibility index (Phi) is 4.34. The van der Waals surface area contributed by atoms with Gasteiger partial charge in [-0.15, -0.1) is 0 Å². The van der Waals surface area contributed by atoms with Gasteiger partial charge in [0.05, 0.1) is 32.9 Å². The number of rotatable bonds is 5. The van der Waals surface area contributed by atoms with E-state index in [4.69, 9.17) is 13.9 Å². The van der Waals surface area contributed by atoms with Crippen molar-refractivity contribution in [2.24, 2.45) is 10.2 Å². The Labute approximate surface area is 111 Å². The summed E-state index contributed by atoms with van der Waals surface area (Å²) < 4.78 is 15.4. The molecule has 0 bridgehead atoms. The van der Waals surface area contributed by atoms with E-state index in [2.05, 4.69) is 10.2 Å². The van der Waals surface area contributed by atoms with E-state index < -0.39 is 0 Å². The minimum absolute atomic E-state index is 0.654. The van der Waals surface area contributed by atoms with Gasteiger partial charge in [-0.05, 0) is 35.9 Å². The summed E-state index contributed by atoms with van der Waals surface area (Å²) in [5.74, 6) is 1.99. The lowest BCUT2D eigenvalue weighted by atomic mass is 10.2. The molecule has 0 radical (unpaired) electrons. The van der Waals surface area contributed by atoms with Gasteiger partial charge in [0.2, 0.25) is 0 Å². The van der Waals surface area contributed by atoms with Crippen LogP contribution in [0.4, 0.5) is 0 Å². The van der Waals surface area contributed by atoms with Crippen LogP contribution < -0.4 is 9.47 Å². The second-order valence-electron chi connectivity index (χ2n) is 3.62. The van der Waals surface area contributed by atoms with Crippen LogP contribution in [0.2, 0.25) is 0 Å². The summed E-state index contributed by atoms with van der Waals surface area (Å²) in [7, 11) is 3.19. The van der Waals surface area contributed by atoms with E-state index in [0.29, 0.717) is 17.3 Å². The molecule has 0 aliphatic carbocycles. The summed E-state index contributed by atoms with van der Waals surface area (Å²) in [6.07, 6.45) is 4.75. The van der Waals surface area contributed by atoms with Crippen LogP contribution >= 0.6 is 0 Å². The van der Waals surface area contributed by atoms with Gasteiger partial charge in [0.25, 0.3) is 0 Å². The Bertz CT molecular complexity index is 574. The molecule has 0 saturated carbocycles. The molecule has 1 heterocycles. The Morgan fingerprint density at radius 3 is 2.47 bits per heavy atom. The quantitative estimate of drug-likeness (QED) is 0.612. The first-order chi connectivity index (χ1) is 9.33. The van der Waals surface area contributed by atoms with E-state index in [0.717, 1.165) is 5.56 Å². The van der Waals surface area contributed by atoms with E-state index in [-0.39, 0.29) is 0 Å². The third kappa shape index (κ3) is 3.45. The van der Waals surface area contributed by atoms with Gasteiger partial charge in [-0.25, -0.2) is 0 Å². The minimum Gasteiger partial charge on any atom is -0.493 e. The van der Waals surface area contributed by atoms with Crippen LogP contribution in [0.15, 0.2) is 51.2 Å². The average Bonchev–Trinajstić information content (AvgIpc) is 2.96. The zero-order valence-corrected chi connectivity index (χ0v) is 10.7. The molecule has 5 nitrogen and oxygen atoms in total. The zero-order valence-electron chi connectivity index (χ0n) is 10.7. The van der Waals surface area contributed by atoms with Crippen LogP contribution in [0, 0.1) is 0 Å². The van der Waals surface area contributed by atoms with E-state index in [1.807, 2.05) is 18.2 Å². The van der Waals surface area contributed by atoms with E-state index in [1.165, 1.54) is 6.21 Å². The van der Waals surface area contributed by atoms with E-state index in [9.17, 15) is 0 Å². The van der Waals surface area contributed by atoms with Crippen molar-refractivity contribution in [3.05, 3.63) is 47.9 Å². The first-order valence-electron chi connectivity index (χ1n) is 5.65. The smallest absolute Gasteiger partial charge is 0.161 e. The predicted molar refractivity (Wildman–Crippen MR) is 73.4 cm³/mol. The zero-order chi connectivity index (χ0) is 13.5. The number of methoxy groups -OCH3 is 2. The van der Waals surface area contributed by atoms with Crippen molar-refractivity contribution in [1.82, 2.24) is 0 Å². The van der Waals surface area contributed by atoms with Crippen LogP contribution in [-0.2, 0) is 0 Å². The largest absolute Gasteiger partial charge is 0.493 e. The van der Waals surface area contributed by atoms with Crippen molar-refractivity contribution in [1.29, 1.82) is 0 Å². The fraction of sp³-hybridized carbons (Fsp3) is 0.143. The van der Waals surface area contributed by atoms with Gasteiger partial charge in [-0.3, -0.25) is 0 Å². The van der Waals surface area contributed by atoms with Gasteiger partial charge in [0.1, 0.15) is 5.76 Å². The summed E-state index contributed by atoms with van der Waals surface area (Å²) in [6.45, 7) is 0. The van der Waals surface area contributed by atoms with Crippen molar-refractivity contribution < 1.29 is 13.9 Å². The van der Waals surface area contributed by atoms with Gasteiger partial charge in [-0.2, -0.15) is 10.2 Å². The molecule has 0 amide bonds. The fourth-order valence-corrected chi connectivity index (χ4v) is 1.49. The Balaban J connectivity index is 2.06. The molecule has 2 rings (SSSR count). The lowest BCUT2D eigenvalue weighted by molar-refractivity contribution is 0.355. The molecule has 2 aromatic rings. The van der Waals surface area contributed by atoms with Crippen LogP contribution in [0.5, 0.6) is 11.5 Å². The average molecular weight is 258 g/mol. The van der Waals surface area contributed by atoms with Gasteiger partial charge in [0.15, 0.2) is 11.5 Å². The van der Waals surface area contributed by atoms with Gasteiger partial charge < -0.3 is 13.9 Å². The number of nitrogens with zero attached hydrogens (tertiary/aromatic N) is 2. The molecule has 0 aliphatic rings. The molecular weight excluding hydrogens is 244 g/mol. The Morgan fingerprint density at radius 1 is 1.00 bits per heavy atom. The highest BCUT2D eigenvalue weighted by atomic mass is 16.5. The van der Waals surface area contributed by atoms with Crippen LogP contribution in [-0.4, -0.2) is 26.6 Å². The SMILES string of the molecule is COc1ccc(/C=N/N=C/c2ccco2)cc1OC. The molecule has 5 heteroatoms.